The second-order valence-electron chi connectivity index (χ2n) is 17.1. The SMILES string of the molecule is c1ccc(B2c3ccccc3N(c3cccc4ccccc34)c3cc4c5c(c32)N(c2ccccc2)c2ccccc2B5c2ccccc2[Si]4(c2ccccc2)c2ccccc2)cc1. The van der Waals surface area contributed by atoms with Crippen molar-refractivity contribution in [3.8, 4) is 0 Å². The van der Waals surface area contributed by atoms with Gasteiger partial charge in [0.25, 0.3) is 0 Å². The Morgan fingerprint density at radius 1 is 0.333 bits per heavy atom. The Morgan fingerprint density at radius 2 is 0.841 bits per heavy atom. The third-order valence-electron chi connectivity index (χ3n) is 14.0. The fraction of sp³-hybridized carbons (Fsp3) is 0. The van der Waals surface area contributed by atoms with Gasteiger partial charge in [-0.05, 0) is 84.4 Å². The minimum absolute atomic E-state index is 0.0142. The maximum Gasteiger partial charge on any atom is 0.249 e. The van der Waals surface area contributed by atoms with Crippen LogP contribution in [0.2, 0.25) is 0 Å². The molecule has 0 spiro atoms. The van der Waals surface area contributed by atoms with E-state index in [1.807, 2.05) is 0 Å². The van der Waals surface area contributed by atoms with Crippen LogP contribution in [0, 0.1) is 0 Å². The molecule has 0 amide bonds. The van der Waals surface area contributed by atoms with Crippen LogP contribution in [0.4, 0.5) is 34.1 Å². The number of anilines is 6. The first-order valence-electron chi connectivity index (χ1n) is 22.1. The van der Waals surface area contributed by atoms with E-state index in [9.17, 15) is 0 Å². The molecule has 0 unspecified atom stereocenters. The summed E-state index contributed by atoms with van der Waals surface area (Å²) < 4.78 is 0. The lowest BCUT2D eigenvalue weighted by Gasteiger charge is -2.50. The summed E-state index contributed by atoms with van der Waals surface area (Å²) >= 11 is 0. The van der Waals surface area contributed by atoms with Gasteiger partial charge in [-0.2, -0.15) is 0 Å². The Balaban J connectivity index is 1.30. The predicted molar refractivity (Wildman–Crippen MR) is 273 cm³/mol. The minimum Gasteiger partial charge on any atom is -0.312 e. The lowest BCUT2D eigenvalue weighted by Crippen LogP contribution is -2.88. The number of benzene rings is 10. The molecule has 0 aliphatic carbocycles. The molecule has 0 atom stereocenters. The number of hydrogen-bond donors (Lipinski definition) is 0. The number of nitrogens with zero attached hydrogens (tertiary/aromatic N) is 2. The number of rotatable bonds is 5. The third-order valence-corrected chi connectivity index (χ3v) is 18.9. The summed E-state index contributed by atoms with van der Waals surface area (Å²) in [6, 6.07) is 91.7. The summed E-state index contributed by atoms with van der Waals surface area (Å²) in [7, 11) is -3.07. The summed E-state index contributed by atoms with van der Waals surface area (Å²) in [5.41, 5.74) is 15.4. The van der Waals surface area contributed by atoms with Crippen molar-refractivity contribution >= 4 is 120 Å². The van der Waals surface area contributed by atoms with E-state index in [0.717, 1.165) is 5.69 Å². The van der Waals surface area contributed by atoms with Crippen LogP contribution in [0.3, 0.4) is 0 Å². The highest BCUT2D eigenvalue weighted by atomic mass is 28.3. The van der Waals surface area contributed by atoms with Gasteiger partial charge in [0.05, 0.1) is 5.69 Å². The highest BCUT2D eigenvalue weighted by Gasteiger charge is 2.55. The highest BCUT2D eigenvalue weighted by Crippen LogP contribution is 2.44. The first kappa shape index (κ1) is 36.1. The van der Waals surface area contributed by atoms with Gasteiger partial charge in [-0.25, -0.2) is 0 Å². The van der Waals surface area contributed by atoms with Crippen molar-refractivity contribution in [2.75, 3.05) is 9.80 Å². The zero-order chi connectivity index (χ0) is 41.5. The van der Waals surface area contributed by atoms with E-state index >= 15 is 0 Å². The third kappa shape index (κ3) is 5.15. The molecule has 0 bridgehead atoms. The lowest BCUT2D eigenvalue weighted by molar-refractivity contribution is 1.27. The standard InChI is InChI=1S/C58H40B2N2Si/c1-5-24-42(25-6-1)59-47-33-15-19-37-52(47)62(50-38-21-23-41-22-13-14-32-46(41)50)53-40-55-57-58(56(53)59)61(43-26-7-2-8-27-43)51-36-18-16-34-48(51)60(57)49-35-17-20-39-54(49)63(55,44-28-9-3-10-29-44)45-30-11-4-12-31-45/h1-40H. The van der Waals surface area contributed by atoms with E-state index in [4.69, 9.17) is 0 Å². The molecule has 3 aliphatic rings. The Bertz CT molecular complexity index is 3330. The van der Waals surface area contributed by atoms with Gasteiger partial charge in [-0.1, -0.05) is 217 Å². The molecule has 0 N–H and O–H groups in total. The van der Waals surface area contributed by atoms with Crippen LogP contribution in [-0.2, 0) is 0 Å². The van der Waals surface area contributed by atoms with Crippen LogP contribution in [0.5, 0.6) is 0 Å². The predicted octanol–water partition coefficient (Wildman–Crippen LogP) is 7.13. The van der Waals surface area contributed by atoms with Crippen LogP contribution >= 0.6 is 0 Å². The molecule has 0 radical (unpaired) electrons. The van der Waals surface area contributed by atoms with Crippen molar-refractivity contribution in [3.05, 3.63) is 243 Å². The van der Waals surface area contributed by atoms with E-state index < -0.39 is 8.07 Å². The number of fused-ring (bicyclic) bond motifs is 8. The van der Waals surface area contributed by atoms with Gasteiger partial charge >= 0.3 is 0 Å². The molecule has 0 fully saturated rings. The summed E-state index contributed by atoms with van der Waals surface area (Å²) in [6.07, 6.45) is 0. The summed E-state index contributed by atoms with van der Waals surface area (Å²) in [5.74, 6) is 0. The Hall–Kier alpha value is -7.59. The van der Waals surface area contributed by atoms with Gasteiger partial charge < -0.3 is 9.80 Å². The van der Waals surface area contributed by atoms with Crippen LogP contribution in [-0.4, -0.2) is 21.5 Å². The van der Waals surface area contributed by atoms with Crippen LogP contribution in [0.15, 0.2) is 243 Å². The van der Waals surface area contributed by atoms with Crippen molar-refractivity contribution in [2.24, 2.45) is 0 Å². The summed E-state index contributed by atoms with van der Waals surface area (Å²) in [4.78, 5) is 5.26. The molecule has 13 rings (SSSR count). The first-order valence-corrected chi connectivity index (χ1v) is 24.1. The molecule has 5 heteroatoms. The Kier molecular flexibility index (Phi) is 8.16. The number of para-hydroxylation sites is 3. The monoisotopic (exact) mass is 814 g/mol. The van der Waals surface area contributed by atoms with Crippen molar-refractivity contribution < 1.29 is 0 Å². The van der Waals surface area contributed by atoms with Gasteiger partial charge in [-0.3, -0.25) is 0 Å². The Morgan fingerprint density at radius 3 is 1.54 bits per heavy atom. The molecular weight excluding hydrogens is 774 g/mol. The van der Waals surface area contributed by atoms with Crippen LogP contribution in [0.25, 0.3) is 10.8 Å². The van der Waals surface area contributed by atoms with Gasteiger partial charge in [0.15, 0.2) is 8.07 Å². The van der Waals surface area contributed by atoms with Gasteiger partial charge in [0.2, 0.25) is 13.4 Å². The van der Waals surface area contributed by atoms with E-state index in [1.165, 1.54) is 92.7 Å². The van der Waals surface area contributed by atoms with Crippen molar-refractivity contribution in [1.29, 1.82) is 0 Å². The average molecular weight is 815 g/mol. The molecular formula is C58H40B2N2Si. The lowest BCUT2D eigenvalue weighted by atomic mass is 9.30. The average Bonchev–Trinajstić information content (AvgIpc) is 3.36. The molecule has 10 aromatic carbocycles. The van der Waals surface area contributed by atoms with E-state index in [2.05, 4.69) is 252 Å². The Labute approximate surface area is 370 Å². The molecule has 0 aromatic heterocycles. The van der Waals surface area contributed by atoms with Crippen LogP contribution < -0.4 is 63.3 Å². The molecule has 2 nitrogen and oxygen atoms in total. The summed E-state index contributed by atoms with van der Waals surface area (Å²) in [6.45, 7) is -0.0388. The molecule has 292 valence electrons. The van der Waals surface area contributed by atoms with E-state index in [0.29, 0.717) is 0 Å². The molecule has 3 heterocycles. The molecule has 63 heavy (non-hydrogen) atoms. The van der Waals surface area contributed by atoms with E-state index in [1.54, 1.807) is 0 Å². The van der Waals surface area contributed by atoms with Crippen LogP contribution in [0.1, 0.15) is 0 Å². The summed E-state index contributed by atoms with van der Waals surface area (Å²) in [5, 5.41) is 8.15. The molecule has 0 saturated heterocycles. The zero-order valence-corrected chi connectivity index (χ0v) is 35.6. The quantitative estimate of drug-likeness (QED) is 0.171. The fourth-order valence-corrected chi connectivity index (χ4v) is 16.9. The number of hydrogen-bond acceptors (Lipinski definition) is 2. The fourth-order valence-electron chi connectivity index (χ4n) is 11.7. The maximum atomic E-state index is 2.69. The van der Waals surface area contributed by atoms with Crippen molar-refractivity contribution in [1.82, 2.24) is 0 Å². The molecule has 10 aromatic rings. The second kappa shape index (κ2) is 14.2. The first-order chi connectivity index (χ1) is 31.3. The molecule has 3 aliphatic heterocycles. The van der Waals surface area contributed by atoms with Crippen molar-refractivity contribution in [3.63, 3.8) is 0 Å². The van der Waals surface area contributed by atoms with E-state index in [-0.39, 0.29) is 13.4 Å². The normalized spacial score (nSPS) is 14.0. The second-order valence-corrected chi connectivity index (χ2v) is 20.8. The highest BCUT2D eigenvalue weighted by molar-refractivity contribution is 7.27. The maximum absolute atomic E-state index is 3.07. The molecule has 0 saturated carbocycles. The van der Waals surface area contributed by atoms with Gasteiger partial charge in [0.1, 0.15) is 0 Å². The van der Waals surface area contributed by atoms with Gasteiger partial charge in [0, 0.05) is 33.8 Å². The van der Waals surface area contributed by atoms with Crippen molar-refractivity contribution in [2.45, 2.75) is 0 Å². The minimum atomic E-state index is -3.07. The van der Waals surface area contributed by atoms with Gasteiger partial charge in [-0.15, -0.1) is 0 Å². The topological polar surface area (TPSA) is 6.48 Å². The largest absolute Gasteiger partial charge is 0.312 e. The smallest absolute Gasteiger partial charge is 0.249 e. The zero-order valence-electron chi connectivity index (χ0n) is 34.6.